The van der Waals surface area contributed by atoms with Crippen molar-refractivity contribution in [3.8, 4) is 0 Å². The van der Waals surface area contributed by atoms with Gasteiger partial charge in [0.15, 0.2) is 0 Å². The number of fused-ring (bicyclic) bond motifs is 3. The van der Waals surface area contributed by atoms with Crippen LogP contribution in [0.5, 0.6) is 0 Å². The lowest BCUT2D eigenvalue weighted by Crippen LogP contribution is -2.56. The van der Waals surface area contributed by atoms with E-state index in [0.29, 0.717) is 18.4 Å². The lowest BCUT2D eigenvalue weighted by atomic mass is 9.49. The molecule has 0 saturated heterocycles. The summed E-state index contributed by atoms with van der Waals surface area (Å²) in [6, 6.07) is 13.3. The molecule has 1 heterocycles. The summed E-state index contributed by atoms with van der Waals surface area (Å²) < 4.78 is 5.11. The van der Waals surface area contributed by atoms with E-state index in [-0.39, 0.29) is 41.3 Å². The van der Waals surface area contributed by atoms with E-state index in [9.17, 15) is 9.59 Å². The van der Waals surface area contributed by atoms with Gasteiger partial charge in [0, 0.05) is 18.2 Å². The fraction of sp³-hybridized carbons (Fsp3) is 0.579. The highest BCUT2D eigenvalue weighted by Gasteiger charge is 2.53. The Morgan fingerprint density at radius 1 is 1.07 bits per heavy atom. The number of rotatable bonds is 8. The highest BCUT2D eigenvalue weighted by atomic mass is 16.5. The second kappa shape index (κ2) is 11.9. The first-order valence-electron chi connectivity index (χ1n) is 16.3. The van der Waals surface area contributed by atoms with Crippen molar-refractivity contribution >= 4 is 11.9 Å². The summed E-state index contributed by atoms with van der Waals surface area (Å²) in [7, 11) is 1.44. The molecule has 2 aromatic rings. The molecule has 2 aliphatic carbocycles. The van der Waals surface area contributed by atoms with Crippen LogP contribution in [0.2, 0.25) is 0 Å². The van der Waals surface area contributed by atoms with Gasteiger partial charge in [-0.2, -0.15) is 0 Å². The van der Waals surface area contributed by atoms with Crippen LogP contribution in [0.3, 0.4) is 0 Å². The van der Waals surface area contributed by atoms with Crippen molar-refractivity contribution in [2.75, 3.05) is 13.7 Å². The van der Waals surface area contributed by atoms with Gasteiger partial charge in [0.05, 0.1) is 13.5 Å². The average Bonchev–Trinajstić information content (AvgIpc) is 3.14. The van der Waals surface area contributed by atoms with Gasteiger partial charge in [-0.1, -0.05) is 76.1 Å². The number of amides is 1. The molecule has 1 aliphatic heterocycles. The minimum absolute atomic E-state index is 0.0144. The third-order valence-corrected chi connectivity index (χ3v) is 11.4. The zero-order valence-electron chi connectivity index (χ0n) is 27.9. The Balaban J connectivity index is 1.46. The fourth-order valence-electron chi connectivity index (χ4n) is 8.82. The molecule has 232 valence electrons. The molecule has 0 aromatic heterocycles. The highest BCUT2D eigenvalue weighted by molar-refractivity contribution is 5.97. The van der Waals surface area contributed by atoms with E-state index < -0.39 is 0 Å². The molecule has 1 fully saturated rings. The predicted octanol–water partition coefficient (Wildman–Crippen LogP) is 7.84. The predicted molar refractivity (Wildman–Crippen MR) is 174 cm³/mol. The van der Waals surface area contributed by atoms with Crippen molar-refractivity contribution in [2.45, 2.75) is 117 Å². The molecule has 5 atom stereocenters. The number of aryl methyl sites for hydroxylation is 3. The van der Waals surface area contributed by atoms with Crippen LogP contribution in [0, 0.1) is 25.2 Å². The Labute approximate surface area is 259 Å². The van der Waals surface area contributed by atoms with Crippen molar-refractivity contribution in [3.63, 3.8) is 0 Å². The van der Waals surface area contributed by atoms with Crippen molar-refractivity contribution < 1.29 is 14.3 Å². The molecule has 5 nitrogen and oxygen atoms in total. The molecule has 43 heavy (non-hydrogen) atoms. The maximum atomic E-state index is 13.9. The summed E-state index contributed by atoms with van der Waals surface area (Å²) >= 11 is 0. The van der Waals surface area contributed by atoms with Crippen LogP contribution < -0.4 is 5.32 Å². The highest BCUT2D eigenvalue weighted by Crippen LogP contribution is 2.58. The van der Waals surface area contributed by atoms with Gasteiger partial charge in [0.2, 0.25) is 0 Å². The second-order valence-corrected chi connectivity index (χ2v) is 14.6. The molecule has 1 amide bonds. The monoisotopic (exact) mass is 584 g/mol. The first-order valence-corrected chi connectivity index (χ1v) is 16.3. The Kier molecular flexibility index (Phi) is 8.70. The average molecular weight is 585 g/mol. The summed E-state index contributed by atoms with van der Waals surface area (Å²) in [4.78, 5) is 28.6. The number of hydrogen-bond acceptors (Lipinski definition) is 4. The largest absolute Gasteiger partial charge is 0.469 e. The van der Waals surface area contributed by atoms with E-state index in [2.05, 4.69) is 95.1 Å². The van der Waals surface area contributed by atoms with Crippen molar-refractivity contribution in [1.29, 1.82) is 0 Å². The van der Waals surface area contributed by atoms with Gasteiger partial charge >= 0.3 is 5.97 Å². The third kappa shape index (κ3) is 5.70. The van der Waals surface area contributed by atoms with Crippen LogP contribution >= 0.6 is 0 Å². The fourth-order valence-corrected chi connectivity index (χ4v) is 8.82. The Hall–Kier alpha value is -2.92. The van der Waals surface area contributed by atoms with E-state index in [4.69, 9.17) is 4.74 Å². The number of nitrogens with one attached hydrogen (secondary N) is 1. The molecule has 3 aliphatic rings. The zero-order chi connectivity index (χ0) is 31.3. The van der Waals surface area contributed by atoms with Crippen LogP contribution in [0.4, 0.5) is 0 Å². The van der Waals surface area contributed by atoms with Crippen LogP contribution in [-0.2, 0) is 26.2 Å². The van der Waals surface area contributed by atoms with Gasteiger partial charge in [-0.25, -0.2) is 0 Å². The quantitative estimate of drug-likeness (QED) is 0.321. The Morgan fingerprint density at radius 3 is 2.49 bits per heavy atom. The second-order valence-electron chi connectivity index (χ2n) is 14.6. The van der Waals surface area contributed by atoms with Gasteiger partial charge in [0.1, 0.15) is 6.17 Å². The van der Waals surface area contributed by atoms with Gasteiger partial charge < -0.3 is 9.64 Å². The van der Waals surface area contributed by atoms with E-state index >= 15 is 0 Å². The van der Waals surface area contributed by atoms with E-state index in [1.165, 1.54) is 35.8 Å². The first kappa shape index (κ1) is 31.5. The van der Waals surface area contributed by atoms with Gasteiger partial charge in [-0.3, -0.25) is 14.9 Å². The molecule has 0 radical (unpaired) electrons. The SMILES string of the molecule is COC(=O)CC(NC1C(C)=C(C)C(=O)N1CC1(C)CCCC2(C)c3ccc(C(C)C)cc3CCC12)c1ccc(C)cc1C. The third-order valence-electron chi connectivity index (χ3n) is 11.4. The molecular weight excluding hydrogens is 532 g/mol. The number of esters is 1. The number of ether oxygens (including phenoxy) is 1. The van der Waals surface area contributed by atoms with Crippen LogP contribution in [0.1, 0.15) is 119 Å². The lowest BCUT2D eigenvalue weighted by molar-refractivity contribution is -0.141. The molecule has 5 rings (SSSR count). The normalized spacial score (nSPS) is 27.8. The van der Waals surface area contributed by atoms with Gasteiger partial charge in [-0.05, 0) is 109 Å². The Bertz CT molecular complexity index is 1440. The minimum atomic E-state index is -0.268. The van der Waals surface area contributed by atoms with Crippen LogP contribution in [0.15, 0.2) is 47.5 Å². The number of carbonyl (C=O) groups is 2. The number of benzene rings is 2. The molecular formula is C38H52N2O3. The molecule has 1 N–H and O–H groups in total. The lowest BCUT2D eigenvalue weighted by Gasteiger charge is -2.56. The molecule has 0 spiro atoms. The summed E-state index contributed by atoms with van der Waals surface area (Å²) in [5.41, 5.74) is 9.82. The Morgan fingerprint density at radius 2 is 1.81 bits per heavy atom. The zero-order valence-corrected chi connectivity index (χ0v) is 27.9. The van der Waals surface area contributed by atoms with Crippen molar-refractivity contribution in [1.82, 2.24) is 10.2 Å². The summed E-state index contributed by atoms with van der Waals surface area (Å²) in [6.45, 7) is 18.4. The van der Waals surface area contributed by atoms with E-state index in [0.717, 1.165) is 48.0 Å². The summed E-state index contributed by atoms with van der Waals surface area (Å²) in [5, 5.41) is 3.79. The summed E-state index contributed by atoms with van der Waals surface area (Å²) in [5.74, 6) is 0.872. The van der Waals surface area contributed by atoms with E-state index in [1.54, 1.807) is 0 Å². The van der Waals surface area contributed by atoms with Crippen molar-refractivity contribution in [2.24, 2.45) is 11.3 Å². The number of hydrogen-bond donors (Lipinski definition) is 1. The number of carbonyl (C=O) groups excluding carboxylic acids is 2. The maximum Gasteiger partial charge on any atom is 0.307 e. The first-order chi connectivity index (χ1) is 20.3. The number of nitrogens with zero attached hydrogens (tertiary/aromatic N) is 1. The van der Waals surface area contributed by atoms with Crippen LogP contribution in [0.25, 0.3) is 0 Å². The molecule has 1 saturated carbocycles. The smallest absolute Gasteiger partial charge is 0.307 e. The summed E-state index contributed by atoms with van der Waals surface area (Å²) in [6.07, 6.45) is 5.67. The van der Waals surface area contributed by atoms with Crippen LogP contribution in [-0.4, -0.2) is 36.6 Å². The van der Waals surface area contributed by atoms with E-state index in [1.807, 2.05) is 6.92 Å². The van der Waals surface area contributed by atoms with Crippen molar-refractivity contribution in [3.05, 3.63) is 80.9 Å². The van der Waals surface area contributed by atoms with Gasteiger partial charge in [0.25, 0.3) is 5.91 Å². The molecule has 2 aromatic carbocycles. The molecule has 0 bridgehead atoms. The topological polar surface area (TPSA) is 58.6 Å². The maximum absolute atomic E-state index is 13.9. The molecule has 5 unspecified atom stereocenters. The number of methoxy groups -OCH3 is 1. The molecule has 5 heteroatoms. The van der Waals surface area contributed by atoms with Gasteiger partial charge in [-0.15, -0.1) is 0 Å². The minimum Gasteiger partial charge on any atom is -0.469 e. The standard InChI is InChI=1S/C38H52N2O3/c1-23(2)28-12-15-31-29(20-28)13-16-33-37(7,17-10-18-38(31,33)8)22-40-35(26(5)27(6)36(40)42)39-32(21-34(41)43-9)30-14-11-24(3)19-25(30)4/h11-12,14-15,19-20,23,32-33,35,39H,10,13,16-18,21-22H2,1-9H3.